The molecule has 1 N–H and O–H groups in total. The molecule has 0 heterocycles. The van der Waals surface area contributed by atoms with Crippen molar-refractivity contribution in [2.24, 2.45) is 0 Å². The Bertz CT molecular complexity index is 638. The summed E-state index contributed by atoms with van der Waals surface area (Å²) in [5.41, 5.74) is -0.193. The summed E-state index contributed by atoms with van der Waals surface area (Å²) in [5, 5.41) is 19.4. The Hall–Kier alpha value is -2.54. The summed E-state index contributed by atoms with van der Waals surface area (Å²) in [4.78, 5) is 9.56. The van der Waals surface area contributed by atoms with E-state index in [0.29, 0.717) is 17.7 Å². The van der Waals surface area contributed by atoms with Crippen LogP contribution in [0.4, 0.5) is 14.5 Å². The summed E-state index contributed by atoms with van der Waals surface area (Å²) in [7, 11) is 0. The van der Waals surface area contributed by atoms with E-state index in [1.807, 2.05) is 0 Å². The van der Waals surface area contributed by atoms with E-state index in [4.69, 9.17) is 9.84 Å². The van der Waals surface area contributed by atoms with Crippen LogP contribution in [0.2, 0.25) is 0 Å². The van der Waals surface area contributed by atoms with E-state index >= 15 is 0 Å². The number of hydrogen-bond donors (Lipinski definition) is 1. The van der Waals surface area contributed by atoms with Gasteiger partial charge < -0.3 is 9.84 Å². The topological polar surface area (TPSA) is 72.6 Å². The van der Waals surface area contributed by atoms with Gasteiger partial charge in [-0.1, -0.05) is 12.1 Å². The minimum Gasteiger partial charge on any atom is -0.451 e. The fraction of sp³-hybridized carbons (Fsp3) is 0.0769. The molecule has 0 fully saturated rings. The first-order valence-electron chi connectivity index (χ1n) is 5.52. The lowest BCUT2D eigenvalue weighted by Crippen LogP contribution is -1.97. The molecular weight excluding hydrogens is 272 g/mol. The highest BCUT2D eigenvalue weighted by atomic mass is 19.1. The largest absolute Gasteiger partial charge is 0.451 e. The number of non-ortho nitro benzene ring substituents is 1. The maximum Gasteiger partial charge on any atom is 0.275 e. The van der Waals surface area contributed by atoms with Crippen molar-refractivity contribution < 1.29 is 23.5 Å². The number of hydrogen-bond acceptors (Lipinski definition) is 4. The van der Waals surface area contributed by atoms with Gasteiger partial charge in [0, 0.05) is 0 Å². The molecule has 0 aliphatic carbocycles. The molecule has 0 aliphatic rings. The van der Waals surface area contributed by atoms with Crippen molar-refractivity contribution in [1.29, 1.82) is 0 Å². The number of nitrogens with zero attached hydrogens (tertiary/aromatic N) is 1. The Kier molecular flexibility index (Phi) is 3.90. The summed E-state index contributed by atoms with van der Waals surface area (Å²) in [6, 6.07) is 7.15. The fourth-order valence-electron chi connectivity index (χ4n) is 1.57. The van der Waals surface area contributed by atoms with Crippen LogP contribution in [0.25, 0.3) is 0 Å². The van der Waals surface area contributed by atoms with Gasteiger partial charge >= 0.3 is 0 Å². The Balaban J connectivity index is 2.36. The molecule has 20 heavy (non-hydrogen) atoms. The van der Waals surface area contributed by atoms with Crippen molar-refractivity contribution in [3.63, 3.8) is 0 Å². The van der Waals surface area contributed by atoms with Crippen LogP contribution in [-0.2, 0) is 6.61 Å². The van der Waals surface area contributed by atoms with E-state index in [1.54, 1.807) is 12.1 Å². The van der Waals surface area contributed by atoms with Gasteiger partial charge in [0.05, 0.1) is 23.7 Å². The molecule has 0 bridgehead atoms. The first kappa shape index (κ1) is 13.9. The smallest absolute Gasteiger partial charge is 0.275 e. The van der Waals surface area contributed by atoms with E-state index in [2.05, 4.69) is 0 Å². The van der Waals surface area contributed by atoms with Gasteiger partial charge in [-0.25, -0.2) is 8.78 Å². The summed E-state index contributed by atoms with van der Waals surface area (Å²) in [6.07, 6.45) is 0. The lowest BCUT2D eigenvalue weighted by molar-refractivity contribution is -0.385. The van der Waals surface area contributed by atoms with Crippen LogP contribution in [0.5, 0.6) is 11.5 Å². The lowest BCUT2D eigenvalue weighted by Gasteiger charge is -2.08. The zero-order valence-electron chi connectivity index (χ0n) is 10.0. The minimum absolute atomic E-state index is 0.114. The molecule has 104 valence electrons. The van der Waals surface area contributed by atoms with Crippen LogP contribution in [-0.4, -0.2) is 10.0 Å². The predicted octanol–water partition coefficient (Wildman–Crippen LogP) is 3.16. The predicted molar refractivity (Wildman–Crippen MR) is 65.5 cm³/mol. The van der Waals surface area contributed by atoms with E-state index in [0.717, 1.165) is 0 Å². The number of aliphatic hydroxyl groups excluding tert-OH is 1. The first-order valence-corrected chi connectivity index (χ1v) is 5.52. The highest BCUT2D eigenvalue weighted by molar-refractivity contribution is 5.42. The molecule has 0 saturated carbocycles. The third kappa shape index (κ3) is 2.89. The standard InChI is InChI=1S/C13H9F2NO4/c14-11-5-9(16(18)19)6-12(15)13(11)20-10-3-1-2-8(4-10)7-17/h1-6,17H,7H2. The van der Waals surface area contributed by atoms with E-state index < -0.39 is 28.0 Å². The molecule has 2 rings (SSSR count). The van der Waals surface area contributed by atoms with Crippen molar-refractivity contribution in [1.82, 2.24) is 0 Å². The summed E-state index contributed by atoms with van der Waals surface area (Å²) >= 11 is 0. The number of rotatable bonds is 4. The van der Waals surface area contributed by atoms with Crippen molar-refractivity contribution in [3.8, 4) is 11.5 Å². The molecule has 0 amide bonds. The average Bonchev–Trinajstić information content (AvgIpc) is 2.42. The van der Waals surface area contributed by atoms with Gasteiger partial charge in [-0.2, -0.15) is 0 Å². The van der Waals surface area contributed by atoms with Gasteiger partial charge in [-0.05, 0) is 17.7 Å². The second-order valence-electron chi connectivity index (χ2n) is 3.90. The Labute approximate surface area is 112 Å². The number of halogens is 2. The number of ether oxygens (including phenoxy) is 1. The van der Waals surface area contributed by atoms with Gasteiger partial charge in [-0.15, -0.1) is 0 Å². The van der Waals surface area contributed by atoms with Crippen LogP contribution in [0.1, 0.15) is 5.56 Å². The second kappa shape index (κ2) is 5.62. The van der Waals surface area contributed by atoms with Crippen molar-refractivity contribution >= 4 is 5.69 Å². The molecule has 7 heteroatoms. The lowest BCUT2D eigenvalue weighted by atomic mass is 10.2. The van der Waals surface area contributed by atoms with Gasteiger partial charge in [0.1, 0.15) is 5.75 Å². The second-order valence-corrected chi connectivity index (χ2v) is 3.90. The van der Waals surface area contributed by atoms with Crippen molar-refractivity contribution in [3.05, 3.63) is 63.7 Å². The zero-order chi connectivity index (χ0) is 14.7. The SMILES string of the molecule is O=[N+]([O-])c1cc(F)c(Oc2cccc(CO)c2)c(F)c1. The number of nitro groups is 1. The molecule has 5 nitrogen and oxygen atoms in total. The van der Waals surface area contributed by atoms with Crippen molar-refractivity contribution in [2.75, 3.05) is 0 Å². The number of nitro benzene ring substituents is 1. The molecule has 0 unspecified atom stereocenters. The molecule has 0 saturated heterocycles. The van der Waals surface area contributed by atoms with E-state index in [1.165, 1.54) is 12.1 Å². The molecule has 2 aromatic carbocycles. The van der Waals surface area contributed by atoms with Gasteiger partial charge in [0.2, 0.25) is 0 Å². The highest BCUT2D eigenvalue weighted by Crippen LogP contribution is 2.31. The molecule has 2 aromatic rings. The molecule has 0 spiro atoms. The molecule has 0 aromatic heterocycles. The Morgan fingerprint density at radius 2 is 1.85 bits per heavy atom. The van der Waals surface area contributed by atoms with Crippen LogP contribution >= 0.6 is 0 Å². The summed E-state index contributed by atoms with van der Waals surface area (Å²) in [6.45, 7) is -0.248. The van der Waals surface area contributed by atoms with Gasteiger partial charge in [0.25, 0.3) is 5.69 Å². The van der Waals surface area contributed by atoms with Gasteiger partial charge in [-0.3, -0.25) is 10.1 Å². The minimum atomic E-state index is -1.17. The maximum absolute atomic E-state index is 13.6. The van der Waals surface area contributed by atoms with Crippen LogP contribution in [0.15, 0.2) is 36.4 Å². The molecule has 0 aliphatic heterocycles. The highest BCUT2D eigenvalue weighted by Gasteiger charge is 2.18. The maximum atomic E-state index is 13.6. The Morgan fingerprint density at radius 1 is 1.20 bits per heavy atom. The monoisotopic (exact) mass is 281 g/mol. The molecule has 0 radical (unpaired) electrons. The number of benzene rings is 2. The summed E-state index contributed by atoms with van der Waals surface area (Å²) in [5.74, 6) is -2.97. The average molecular weight is 281 g/mol. The van der Waals surface area contributed by atoms with E-state index in [-0.39, 0.29) is 12.4 Å². The fourth-order valence-corrected chi connectivity index (χ4v) is 1.57. The normalized spacial score (nSPS) is 10.3. The zero-order valence-corrected chi connectivity index (χ0v) is 10.0. The first-order chi connectivity index (χ1) is 9.51. The quantitative estimate of drug-likeness (QED) is 0.690. The van der Waals surface area contributed by atoms with Gasteiger partial charge in [0.15, 0.2) is 17.4 Å². The van der Waals surface area contributed by atoms with Crippen molar-refractivity contribution in [2.45, 2.75) is 6.61 Å². The van der Waals surface area contributed by atoms with Crippen LogP contribution < -0.4 is 4.74 Å². The van der Waals surface area contributed by atoms with Crippen LogP contribution in [0, 0.1) is 21.7 Å². The third-order valence-corrected chi connectivity index (χ3v) is 2.49. The third-order valence-electron chi connectivity index (χ3n) is 2.49. The van der Waals surface area contributed by atoms with Crippen LogP contribution in [0.3, 0.4) is 0 Å². The Morgan fingerprint density at radius 3 is 2.40 bits per heavy atom. The summed E-state index contributed by atoms with van der Waals surface area (Å²) < 4.78 is 32.3. The number of aliphatic hydroxyl groups is 1. The molecular formula is C13H9F2NO4. The molecule has 0 atom stereocenters. The van der Waals surface area contributed by atoms with E-state index in [9.17, 15) is 18.9 Å².